The minimum absolute atomic E-state index is 0.0558. The number of nitrogens with one attached hydrogen (secondary N) is 1. The van der Waals surface area contributed by atoms with E-state index in [2.05, 4.69) is 27.2 Å². The van der Waals surface area contributed by atoms with Gasteiger partial charge in [0.05, 0.1) is 31.1 Å². The molecule has 0 spiro atoms. The molecule has 0 unspecified atom stereocenters. The van der Waals surface area contributed by atoms with Gasteiger partial charge in [-0.15, -0.1) is 0 Å². The number of carbonyl (C=O) groups is 2. The van der Waals surface area contributed by atoms with Gasteiger partial charge in [0.25, 0.3) is 5.91 Å². The van der Waals surface area contributed by atoms with Gasteiger partial charge in [-0.1, -0.05) is 19.3 Å². The average molecular weight is 576 g/mol. The highest BCUT2D eigenvalue weighted by atomic mass is 19.3. The molecule has 13 heteroatoms. The SMILES string of the molecule is CN1CCC[C@H](N)C1.COc1cc(C(=O)O)ccc1N(C)c1ncc2c(n1)N(C1CCCCC1)CC(F)(F)C(=O)N2. The Hall–Kier alpha value is -3.58. The summed E-state index contributed by atoms with van der Waals surface area (Å²) in [6.45, 7) is 1.56. The monoisotopic (exact) mass is 575 g/mol. The summed E-state index contributed by atoms with van der Waals surface area (Å²) in [5.41, 5.74) is 6.37. The lowest BCUT2D eigenvalue weighted by atomic mass is 9.94. The van der Waals surface area contributed by atoms with E-state index < -0.39 is 24.3 Å². The third-order valence-electron chi connectivity index (χ3n) is 7.74. The van der Waals surface area contributed by atoms with E-state index in [0.29, 0.717) is 17.5 Å². The molecule has 0 radical (unpaired) electrons. The number of methoxy groups -OCH3 is 1. The Morgan fingerprint density at radius 2 is 1.95 bits per heavy atom. The molecule has 41 heavy (non-hydrogen) atoms. The smallest absolute Gasteiger partial charge is 0.341 e. The quantitative estimate of drug-likeness (QED) is 0.484. The number of anilines is 4. The summed E-state index contributed by atoms with van der Waals surface area (Å²) in [4.78, 5) is 37.6. The van der Waals surface area contributed by atoms with Gasteiger partial charge in [0.15, 0.2) is 5.82 Å². The van der Waals surface area contributed by atoms with Gasteiger partial charge in [-0.2, -0.15) is 13.8 Å². The molecule has 5 rings (SSSR count). The van der Waals surface area contributed by atoms with E-state index in [1.54, 1.807) is 18.0 Å². The first-order valence-corrected chi connectivity index (χ1v) is 13.9. The Labute approximate surface area is 238 Å². The first-order chi connectivity index (χ1) is 19.5. The zero-order chi connectivity index (χ0) is 29.7. The number of benzene rings is 1. The van der Waals surface area contributed by atoms with Gasteiger partial charge < -0.3 is 35.6 Å². The molecule has 1 amide bonds. The second kappa shape index (κ2) is 12.9. The van der Waals surface area contributed by atoms with Crippen molar-refractivity contribution < 1.29 is 28.2 Å². The number of likely N-dealkylation sites (N-methyl/N-ethyl adjacent to an activating group) is 1. The fraction of sp³-hybridized carbons (Fsp3) is 0.571. The van der Waals surface area contributed by atoms with Crippen LogP contribution in [0.4, 0.5) is 31.9 Å². The van der Waals surface area contributed by atoms with Crippen molar-refractivity contribution in [1.82, 2.24) is 14.9 Å². The third-order valence-corrected chi connectivity index (χ3v) is 7.74. The van der Waals surface area contributed by atoms with Crippen LogP contribution in [0, 0.1) is 0 Å². The molecule has 224 valence electrons. The number of nitrogens with zero attached hydrogens (tertiary/aromatic N) is 5. The second-order valence-corrected chi connectivity index (χ2v) is 10.9. The van der Waals surface area contributed by atoms with Gasteiger partial charge >= 0.3 is 11.9 Å². The van der Waals surface area contributed by atoms with Crippen LogP contribution >= 0.6 is 0 Å². The number of rotatable bonds is 5. The number of alkyl halides is 2. The van der Waals surface area contributed by atoms with Crippen molar-refractivity contribution >= 4 is 35.0 Å². The molecule has 2 aromatic rings. The molecule has 1 aromatic heterocycles. The number of halogens is 2. The van der Waals surface area contributed by atoms with E-state index in [-0.39, 0.29) is 29.1 Å². The minimum Gasteiger partial charge on any atom is -0.495 e. The standard InChI is InChI=1S/C22H25F2N5O4.C6H14N2/c1-28(16-9-8-13(19(30)31)10-17(16)33-2)21-25-11-15-18(27-21)29(14-6-4-3-5-7-14)12-22(23,24)20(32)26-15;1-8-4-2-3-6(7)5-8/h8-11,14H,3-7,12H2,1-2H3,(H,26,32)(H,30,31);6H,2-5,7H2,1H3/t;6-/m.0/s1. The van der Waals surface area contributed by atoms with Crippen LogP contribution in [0.1, 0.15) is 55.3 Å². The van der Waals surface area contributed by atoms with Crippen LogP contribution in [0.3, 0.4) is 0 Å². The zero-order valence-electron chi connectivity index (χ0n) is 23.8. The third kappa shape index (κ3) is 7.20. The van der Waals surface area contributed by atoms with E-state index in [1.807, 2.05) is 0 Å². The molecule has 3 heterocycles. The van der Waals surface area contributed by atoms with Crippen LogP contribution < -0.4 is 25.6 Å². The molecule has 0 bridgehead atoms. The van der Waals surface area contributed by atoms with Gasteiger partial charge in [-0.25, -0.2) is 9.78 Å². The number of likely N-dealkylation sites (tertiary alicyclic amines) is 1. The number of amides is 1. The topological polar surface area (TPSA) is 137 Å². The van der Waals surface area contributed by atoms with Crippen LogP contribution in [0.5, 0.6) is 5.75 Å². The molecule has 1 aliphatic carbocycles. The summed E-state index contributed by atoms with van der Waals surface area (Å²) in [6, 6.07) is 4.65. The van der Waals surface area contributed by atoms with Gasteiger partial charge in [-0.05, 0) is 57.5 Å². The Kier molecular flexibility index (Phi) is 9.59. The summed E-state index contributed by atoms with van der Waals surface area (Å²) >= 11 is 0. The highest BCUT2D eigenvalue weighted by molar-refractivity contribution is 6.00. The molecule has 2 fully saturated rings. The minimum atomic E-state index is -3.57. The summed E-state index contributed by atoms with van der Waals surface area (Å²) in [5, 5.41) is 11.5. The lowest BCUT2D eigenvalue weighted by molar-refractivity contribution is -0.138. The lowest BCUT2D eigenvalue weighted by Gasteiger charge is -2.36. The van der Waals surface area contributed by atoms with Crippen molar-refractivity contribution in [2.75, 3.05) is 56.0 Å². The second-order valence-electron chi connectivity index (χ2n) is 10.9. The summed E-state index contributed by atoms with van der Waals surface area (Å²) in [5.74, 6) is -5.32. The molecular formula is C28H39F2N7O4. The van der Waals surface area contributed by atoms with E-state index in [4.69, 9.17) is 10.5 Å². The first kappa shape index (κ1) is 30.4. The summed E-state index contributed by atoms with van der Waals surface area (Å²) in [7, 11) is 5.20. The van der Waals surface area contributed by atoms with Crippen LogP contribution in [0.15, 0.2) is 24.4 Å². The van der Waals surface area contributed by atoms with Crippen LogP contribution in [0.25, 0.3) is 0 Å². The molecule has 11 nitrogen and oxygen atoms in total. The van der Waals surface area contributed by atoms with Gasteiger partial charge in [0.2, 0.25) is 5.95 Å². The maximum Gasteiger partial charge on any atom is 0.341 e. The van der Waals surface area contributed by atoms with E-state index in [9.17, 15) is 23.5 Å². The molecule has 4 N–H and O–H groups in total. The van der Waals surface area contributed by atoms with Crippen molar-refractivity contribution in [3.05, 3.63) is 30.0 Å². The van der Waals surface area contributed by atoms with Crippen LogP contribution in [-0.2, 0) is 4.79 Å². The van der Waals surface area contributed by atoms with Crippen LogP contribution in [-0.4, -0.2) is 90.7 Å². The fourth-order valence-corrected chi connectivity index (χ4v) is 5.50. The molecule has 1 saturated heterocycles. The Morgan fingerprint density at radius 3 is 2.56 bits per heavy atom. The molecule has 2 aliphatic heterocycles. The van der Waals surface area contributed by atoms with E-state index in [0.717, 1.165) is 38.6 Å². The number of carbonyl (C=O) groups excluding carboxylic acids is 1. The lowest BCUT2D eigenvalue weighted by Crippen LogP contribution is -2.47. The molecule has 3 aliphatic rings. The number of hydrogen-bond acceptors (Lipinski definition) is 9. The zero-order valence-corrected chi connectivity index (χ0v) is 23.8. The number of nitrogens with two attached hydrogens (primary N) is 1. The van der Waals surface area contributed by atoms with Crippen molar-refractivity contribution in [3.63, 3.8) is 0 Å². The fourth-order valence-electron chi connectivity index (χ4n) is 5.50. The number of fused-ring (bicyclic) bond motifs is 1. The Bertz CT molecular complexity index is 1230. The number of carboxylic acid groups (broad SMARTS) is 1. The maximum atomic E-state index is 14.6. The van der Waals surface area contributed by atoms with Crippen LogP contribution in [0.2, 0.25) is 0 Å². The van der Waals surface area contributed by atoms with Gasteiger partial charge in [0.1, 0.15) is 11.4 Å². The number of aromatic carboxylic acids is 1. The molecule has 1 saturated carbocycles. The molecule has 1 atom stereocenters. The van der Waals surface area contributed by atoms with Crippen molar-refractivity contribution in [2.45, 2.75) is 63.0 Å². The Morgan fingerprint density at radius 1 is 1.22 bits per heavy atom. The first-order valence-electron chi connectivity index (χ1n) is 13.9. The van der Waals surface area contributed by atoms with Gasteiger partial charge in [0, 0.05) is 25.7 Å². The number of ether oxygens (including phenoxy) is 1. The van der Waals surface area contributed by atoms with Gasteiger partial charge in [-0.3, -0.25) is 4.79 Å². The number of aromatic nitrogens is 2. The van der Waals surface area contributed by atoms with Crippen molar-refractivity contribution in [2.24, 2.45) is 5.73 Å². The highest BCUT2D eigenvalue weighted by Crippen LogP contribution is 2.39. The van der Waals surface area contributed by atoms with Crippen molar-refractivity contribution in [1.29, 1.82) is 0 Å². The number of carboxylic acids is 1. The molecular weight excluding hydrogens is 536 g/mol. The predicted molar refractivity (Wildman–Crippen MR) is 153 cm³/mol. The normalized spacial score (nSPS) is 21.1. The number of piperidine rings is 1. The number of hydrogen-bond donors (Lipinski definition) is 3. The Balaban J connectivity index is 0.000000417. The summed E-state index contributed by atoms with van der Waals surface area (Å²) in [6.07, 6.45) is 8.19. The maximum absolute atomic E-state index is 14.6. The molecule has 1 aromatic carbocycles. The van der Waals surface area contributed by atoms with E-state index >= 15 is 0 Å². The highest BCUT2D eigenvalue weighted by Gasteiger charge is 2.46. The predicted octanol–water partition coefficient (Wildman–Crippen LogP) is 3.72. The largest absolute Gasteiger partial charge is 0.495 e. The average Bonchev–Trinajstić information content (AvgIpc) is 3.05. The van der Waals surface area contributed by atoms with E-state index in [1.165, 1.54) is 49.7 Å². The van der Waals surface area contributed by atoms with Crippen molar-refractivity contribution in [3.8, 4) is 5.75 Å². The summed E-state index contributed by atoms with van der Waals surface area (Å²) < 4.78 is 34.5.